The van der Waals surface area contributed by atoms with Crippen LogP contribution in [0.15, 0.2) is 59.6 Å². The van der Waals surface area contributed by atoms with Crippen molar-refractivity contribution < 1.29 is 19.0 Å². The summed E-state index contributed by atoms with van der Waals surface area (Å²) >= 11 is 1.82. The molecular weight excluding hydrogens is 475 g/mol. The highest BCUT2D eigenvalue weighted by Crippen LogP contribution is 2.35. The van der Waals surface area contributed by atoms with Crippen molar-refractivity contribution in [3.8, 4) is 11.5 Å². The smallest absolute Gasteiger partial charge is 0.132 e. The standard InChI is InChI=1S/C29H37FN2O3S/c1-34-23-9-11-27-25(18-23)24(12-14-31-27)26(30)10-8-21-13-16-32(19-22(21)20-33)15-5-17-36-29-7-4-3-6-28(29)35-2/h3-4,6-7,9,11-12,14,18,21-22,26,33H,5,8,10,13,15-17,19-20H2,1-2H3/t21-,22-,26+/m1/s1. The third-order valence-electron chi connectivity index (χ3n) is 7.27. The number of aromatic nitrogens is 1. The summed E-state index contributed by atoms with van der Waals surface area (Å²) in [5.74, 6) is 3.20. The maximum Gasteiger partial charge on any atom is 0.132 e. The molecule has 3 atom stereocenters. The first-order chi connectivity index (χ1) is 17.6. The van der Waals surface area contributed by atoms with Crippen LogP contribution in [0, 0.1) is 11.8 Å². The van der Waals surface area contributed by atoms with Crippen molar-refractivity contribution in [3.05, 3.63) is 60.3 Å². The minimum atomic E-state index is -1.06. The Morgan fingerprint density at radius 2 is 2.00 bits per heavy atom. The SMILES string of the molecule is COc1ccc2nccc([C@@H](F)CC[C@@H]3CCN(CCCSc4ccccc4OC)C[C@@H]3CO)c2c1. The van der Waals surface area contributed by atoms with Crippen molar-refractivity contribution in [2.24, 2.45) is 11.8 Å². The molecule has 1 aliphatic heterocycles. The number of alkyl halides is 1. The first-order valence-electron chi connectivity index (χ1n) is 12.8. The second kappa shape index (κ2) is 13.3. The van der Waals surface area contributed by atoms with E-state index in [1.165, 1.54) is 4.90 Å². The molecule has 1 aromatic heterocycles. The highest BCUT2D eigenvalue weighted by Gasteiger charge is 2.29. The molecule has 4 rings (SSSR count). The molecule has 0 aliphatic carbocycles. The van der Waals surface area contributed by atoms with Gasteiger partial charge in [-0.1, -0.05) is 12.1 Å². The first-order valence-corrected chi connectivity index (χ1v) is 13.8. The number of likely N-dealkylation sites (tertiary alicyclic amines) is 1. The van der Waals surface area contributed by atoms with E-state index in [4.69, 9.17) is 9.47 Å². The lowest BCUT2D eigenvalue weighted by atomic mass is 9.81. The molecule has 0 amide bonds. The largest absolute Gasteiger partial charge is 0.497 e. The lowest BCUT2D eigenvalue weighted by Crippen LogP contribution is -2.42. The lowest BCUT2D eigenvalue weighted by molar-refractivity contribution is 0.0640. The van der Waals surface area contributed by atoms with Gasteiger partial charge in [-0.25, -0.2) is 4.39 Å². The fraction of sp³-hybridized carbons (Fsp3) is 0.483. The Morgan fingerprint density at radius 3 is 2.81 bits per heavy atom. The highest BCUT2D eigenvalue weighted by molar-refractivity contribution is 7.99. The van der Waals surface area contributed by atoms with E-state index in [1.807, 2.05) is 48.2 Å². The van der Waals surface area contributed by atoms with Crippen molar-refractivity contribution in [2.45, 2.75) is 36.8 Å². The van der Waals surface area contributed by atoms with Gasteiger partial charge in [0.15, 0.2) is 0 Å². The van der Waals surface area contributed by atoms with E-state index < -0.39 is 6.17 Å². The third kappa shape index (κ3) is 6.69. The zero-order valence-corrected chi connectivity index (χ0v) is 22.1. The van der Waals surface area contributed by atoms with Gasteiger partial charge < -0.3 is 19.5 Å². The van der Waals surface area contributed by atoms with Gasteiger partial charge in [0.2, 0.25) is 0 Å². The molecule has 0 spiro atoms. The number of fused-ring (bicyclic) bond motifs is 1. The van der Waals surface area contributed by atoms with Crippen molar-refractivity contribution >= 4 is 22.7 Å². The van der Waals surface area contributed by atoms with Crippen LogP contribution in [0.1, 0.15) is 37.4 Å². The Hall–Kier alpha value is -2.35. The van der Waals surface area contributed by atoms with Crippen LogP contribution in [0.25, 0.3) is 10.9 Å². The number of aliphatic hydroxyl groups excluding tert-OH is 1. The normalized spacial score (nSPS) is 19.3. The predicted molar refractivity (Wildman–Crippen MR) is 145 cm³/mol. The number of methoxy groups -OCH3 is 2. The topological polar surface area (TPSA) is 54.8 Å². The summed E-state index contributed by atoms with van der Waals surface area (Å²) in [6.07, 6.45) is 3.92. The van der Waals surface area contributed by atoms with Gasteiger partial charge >= 0.3 is 0 Å². The summed E-state index contributed by atoms with van der Waals surface area (Å²) in [5, 5.41) is 10.9. The van der Waals surface area contributed by atoms with Gasteiger partial charge in [0.25, 0.3) is 0 Å². The van der Waals surface area contributed by atoms with Crippen LogP contribution >= 0.6 is 11.8 Å². The number of benzene rings is 2. The van der Waals surface area contributed by atoms with E-state index >= 15 is 4.39 Å². The molecule has 7 heteroatoms. The zero-order chi connectivity index (χ0) is 25.3. The highest BCUT2D eigenvalue weighted by atomic mass is 32.2. The third-order valence-corrected chi connectivity index (χ3v) is 8.41. The predicted octanol–water partition coefficient (Wildman–Crippen LogP) is 6.16. The summed E-state index contributed by atoms with van der Waals surface area (Å²) < 4.78 is 26.2. The maximum atomic E-state index is 15.4. The van der Waals surface area contributed by atoms with Crippen LogP contribution in [-0.2, 0) is 0 Å². The molecule has 1 N–H and O–H groups in total. The molecule has 5 nitrogen and oxygen atoms in total. The first kappa shape index (κ1) is 26.7. The molecule has 0 unspecified atom stereocenters. The van der Waals surface area contributed by atoms with Crippen molar-refractivity contribution in [1.29, 1.82) is 0 Å². The number of hydrogen-bond donors (Lipinski definition) is 1. The van der Waals surface area contributed by atoms with E-state index in [-0.39, 0.29) is 12.5 Å². The fourth-order valence-corrected chi connectivity index (χ4v) is 6.18. The van der Waals surface area contributed by atoms with Crippen LogP contribution in [-0.4, -0.2) is 61.2 Å². The van der Waals surface area contributed by atoms with Crippen LogP contribution < -0.4 is 9.47 Å². The number of piperidine rings is 1. The van der Waals surface area contributed by atoms with Crippen molar-refractivity contribution in [1.82, 2.24) is 9.88 Å². The number of rotatable bonds is 12. The molecule has 1 saturated heterocycles. The van der Waals surface area contributed by atoms with E-state index in [9.17, 15) is 5.11 Å². The second-order valence-corrected chi connectivity index (χ2v) is 10.6. The number of thioether (sulfide) groups is 1. The Morgan fingerprint density at radius 1 is 1.14 bits per heavy atom. The fourth-order valence-electron chi connectivity index (χ4n) is 5.22. The van der Waals surface area contributed by atoms with Gasteiger partial charge in [-0.15, -0.1) is 11.8 Å². The zero-order valence-electron chi connectivity index (χ0n) is 21.2. The van der Waals surface area contributed by atoms with Gasteiger partial charge in [0.05, 0.1) is 19.7 Å². The van der Waals surface area contributed by atoms with E-state index in [1.54, 1.807) is 26.5 Å². The number of pyridine rings is 1. The van der Waals surface area contributed by atoms with E-state index in [0.29, 0.717) is 23.7 Å². The molecule has 0 radical (unpaired) electrons. The van der Waals surface area contributed by atoms with Gasteiger partial charge in [0.1, 0.15) is 17.7 Å². The number of ether oxygens (including phenoxy) is 2. The molecule has 0 bridgehead atoms. The molecular formula is C29H37FN2O3S. The summed E-state index contributed by atoms with van der Waals surface area (Å²) in [6, 6.07) is 15.5. The summed E-state index contributed by atoms with van der Waals surface area (Å²) in [6.45, 7) is 3.06. The van der Waals surface area contributed by atoms with Crippen LogP contribution in [0.4, 0.5) is 4.39 Å². The summed E-state index contributed by atoms with van der Waals surface area (Å²) in [7, 11) is 3.32. The monoisotopic (exact) mass is 512 g/mol. The Balaban J connectivity index is 1.26. The number of para-hydroxylation sites is 1. The molecule has 2 aromatic carbocycles. The Kier molecular flexibility index (Phi) is 9.84. The minimum Gasteiger partial charge on any atom is -0.497 e. The summed E-state index contributed by atoms with van der Waals surface area (Å²) in [5.41, 5.74) is 1.45. The molecule has 194 valence electrons. The van der Waals surface area contributed by atoms with Crippen LogP contribution in [0.2, 0.25) is 0 Å². The molecule has 1 aliphatic rings. The average molecular weight is 513 g/mol. The minimum absolute atomic E-state index is 0.156. The van der Waals surface area contributed by atoms with Crippen molar-refractivity contribution in [3.63, 3.8) is 0 Å². The van der Waals surface area contributed by atoms with Gasteiger partial charge in [0, 0.05) is 29.6 Å². The molecule has 0 saturated carbocycles. The maximum absolute atomic E-state index is 15.4. The van der Waals surface area contributed by atoms with Gasteiger partial charge in [-0.3, -0.25) is 4.98 Å². The molecule has 3 aromatic rings. The molecule has 36 heavy (non-hydrogen) atoms. The van der Waals surface area contributed by atoms with Crippen LogP contribution in [0.3, 0.4) is 0 Å². The lowest BCUT2D eigenvalue weighted by Gasteiger charge is -2.38. The number of hydrogen-bond acceptors (Lipinski definition) is 6. The molecule has 2 heterocycles. The van der Waals surface area contributed by atoms with E-state index in [0.717, 1.165) is 61.3 Å². The number of halogens is 1. The summed E-state index contributed by atoms with van der Waals surface area (Å²) in [4.78, 5) is 8.00. The molecule has 1 fully saturated rings. The average Bonchev–Trinajstić information content (AvgIpc) is 2.93. The Labute approximate surface area is 218 Å². The van der Waals surface area contributed by atoms with Crippen molar-refractivity contribution in [2.75, 3.05) is 46.2 Å². The van der Waals surface area contributed by atoms with Gasteiger partial charge in [-0.05, 0) is 98.3 Å². The van der Waals surface area contributed by atoms with E-state index in [2.05, 4.69) is 16.0 Å². The second-order valence-electron chi connectivity index (χ2n) is 9.47. The number of aliphatic hydroxyl groups is 1. The quantitative estimate of drug-likeness (QED) is 0.232. The van der Waals surface area contributed by atoms with Gasteiger partial charge in [-0.2, -0.15) is 0 Å². The number of nitrogens with zero attached hydrogens (tertiary/aromatic N) is 2. The van der Waals surface area contributed by atoms with Crippen LogP contribution in [0.5, 0.6) is 11.5 Å². The Bertz CT molecular complexity index is 1110.